The number of methoxy groups -OCH3 is 2. The van der Waals surface area contributed by atoms with Gasteiger partial charge in [-0.2, -0.15) is 0 Å². The average Bonchev–Trinajstić information content (AvgIpc) is 2.53. The second-order valence-electron chi connectivity index (χ2n) is 4.52. The number of ether oxygens (including phenoxy) is 2. The molecule has 0 radical (unpaired) electrons. The number of para-hydroxylation sites is 2. The van der Waals surface area contributed by atoms with E-state index in [0.717, 1.165) is 27.2 Å². The van der Waals surface area contributed by atoms with Crippen LogP contribution in [0.3, 0.4) is 0 Å². The van der Waals surface area contributed by atoms with Gasteiger partial charge in [0.25, 0.3) is 0 Å². The van der Waals surface area contributed by atoms with Crippen LogP contribution in [0.25, 0.3) is 0 Å². The van der Waals surface area contributed by atoms with E-state index in [1.807, 2.05) is 42.5 Å². The Morgan fingerprint density at radius 1 is 1.14 bits per heavy atom. The molecule has 0 aliphatic heterocycles. The molecule has 112 valence electrons. The van der Waals surface area contributed by atoms with Crippen LogP contribution in [0.5, 0.6) is 11.5 Å². The van der Waals surface area contributed by atoms with Crippen molar-refractivity contribution in [1.82, 2.24) is 0 Å². The molecule has 21 heavy (non-hydrogen) atoms. The van der Waals surface area contributed by atoms with Crippen molar-refractivity contribution >= 4 is 21.6 Å². The standard InChI is InChI=1S/C16H19BrN2O2/c1-20-11-7-8-13(17)12(9-11)15(10-18)19-14-5-3-4-6-16(14)21-2/h3-9,15,19H,10,18H2,1-2H3. The van der Waals surface area contributed by atoms with Gasteiger partial charge in [0, 0.05) is 11.0 Å². The van der Waals surface area contributed by atoms with Gasteiger partial charge in [-0.1, -0.05) is 28.1 Å². The summed E-state index contributed by atoms with van der Waals surface area (Å²) in [5.74, 6) is 1.59. The van der Waals surface area contributed by atoms with Crippen molar-refractivity contribution < 1.29 is 9.47 Å². The highest BCUT2D eigenvalue weighted by Gasteiger charge is 2.15. The predicted molar refractivity (Wildman–Crippen MR) is 89.1 cm³/mol. The average molecular weight is 351 g/mol. The van der Waals surface area contributed by atoms with E-state index >= 15 is 0 Å². The molecule has 2 aromatic carbocycles. The molecule has 0 saturated heterocycles. The third-order valence-corrected chi connectivity index (χ3v) is 3.97. The molecule has 0 aliphatic carbocycles. The fraction of sp³-hybridized carbons (Fsp3) is 0.250. The summed E-state index contributed by atoms with van der Waals surface area (Å²) in [5, 5.41) is 3.42. The van der Waals surface area contributed by atoms with Crippen LogP contribution in [0.1, 0.15) is 11.6 Å². The van der Waals surface area contributed by atoms with E-state index in [9.17, 15) is 0 Å². The Kier molecular flexibility index (Phi) is 5.47. The smallest absolute Gasteiger partial charge is 0.141 e. The fourth-order valence-electron chi connectivity index (χ4n) is 2.13. The van der Waals surface area contributed by atoms with E-state index in [1.165, 1.54) is 0 Å². The van der Waals surface area contributed by atoms with Crippen molar-refractivity contribution in [3.8, 4) is 11.5 Å². The van der Waals surface area contributed by atoms with Gasteiger partial charge in [-0.25, -0.2) is 0 Å². The summed E-state index contributed by atoms with van der Waals surface area (Å²) in [4.78, 5) is 0. The number of anilines is 1. The molecular weight excluding hydrogens is 332 g/mol. The highest BCUT2D eigenvalue weighted by atomic mass is 79.9. The van der Waals surface area contributed by atoms with Crippen LogP contribution < -0.4 is 20.5 Å². The molecule has 2 rings (SSSR count). The highest BCUT2D eigenvalue weighted by molar-refractivity contribution is 9.10. The first-order valence-corrected chi connectivity index (χ1v) is 7.42. The van der Waals surface area contributed by atoms with Crippen molar-refractivity contribution in [2.75, 3.05) is 26.1 Å². The topological polar surface area (TPSA) is 56.5 Å². The SMILES string of the molecule is COc1ccc(Br)c(C(CN)Nc2ccccc2OC)c1. The molecule has 0 heterocycles. The summed E-state index contributed by atoms with van der Waals surface area (Å²) in [5.41, 5.74) is 7.89. The van der Waals surface area contributed by atoms with Crippen molar-refractivity contribution in [2.45, 2.75) is 6.04 Å². The zero-order valence-corrected chi connectivity index (χ0v) is 13.7. The Morgan fingerprint density at radius 3 is 2.57 bits per heavy atom. The van der Waals surface area contributed by atoms with Gasteiger partial charge in [0.05, 0.1) is 25.9 Å². The number of benzene rings is 2. The van der Waals surface area contributed by atoms with E-state index in [1.54, 1.807) is 14.2 Å². The minimum Gasteiger partial charge on any atom is -0.497 e. The first-order valence-electron chi connectivity index (χ1n) is 6.62. The van der Waals surface area contributed by atoms with E-state index in [-0.39, 0.29) is 6.04 Å². The van der Waals surface area contributed by atoms with Gasteiger partial charge in [0.2, 0.25) is 0 Å². The van der Waals surface area contributed by atoms with Crippen LogP contribution in [-0.2, 0) is 0 Å². The summed E-state index contributed by atoms with van der Waals surface area (Å²) in [6.45, 7) is 0.448. The lowest BCUT2D eigenvalue weighted by atomic mass is 10.1. The van der Waals surface area contributed by atoms with Crippen molar-refractivity contribution in [3.63, 3.8) is 0 Å². The molecule has 0 fully saturated rings. The lowest BCUT2D eigenvalue weighted by Gasteiger charge is -2.22. The number of nitrogens with one attached hydrogen (secondary N) is 1. The van der Waals surface area contributed by atoms with Crippen molar-refractivity contribution in [3.05, 3.63) is 52.5 Å². The van der Waals surface area contributed by atoms with Crippen molar-refractivity contribution in [2.24, 2.45) is 5.73 Å². The summed E-state index contributed by atoms with van der Waals surface area (Å²) in [6.07, 6.45) is 0. The van der Waals surface area contributed by atoms with E-state index in [0.29, 0.717) is 6.54 Å². The quantitative estimate of drug-likeness (QED) is 0.835. The fourth-order valence-corrected chi connectivity index (χ4v) is 2.65. The summed E-state index contributed by atoms with van der Waals surface area (Å²) >= 11 is 3.57. The zero-order chi connectivity index (χ0) is 15.2. The minimum atomic E-state index is -0.0502. The Bertz CT molecular complexity index is 605. The third-order valence-electron chi connectivity index (χ3n) is 3.25. The molecule has 5 heteroatoms. The number of nitrogens with two attached hydrogens (primary N) is 1. The van der Waals surface area contributed by atoms with E-state index < -0.39 is 0 Å². The maximum absolute atomic E-state index is 5.94. The van der Waals surface area contributed by atoms with Gasteiger partial charge in [-0.3, -0.25) is 0 Å². The number of hydrogen-bond donors (Lipinski definition) is 2. The van der Waals surface area contributed by atoms with E-state index in [2.05, 4.69) is 21.2 Å². The second-order valence-corrected chi connectivity index (χ2v) is 5.37. The predicted octanol–water partition coefficient (Wildman–Crippen LogP) is 3.58. The summed E-state index contributed by atoms with van der Waals surface area (Å²) in [6, 6.07) is 13.6. The zero-order valence-electron chi connectivity index (χ0n) is 12.1. The van der Waals surface area contributed by atoms with Crippen LogP contribution in [0.2, 0.25) is 0 Å². The molecule has 0 spiro atoms. The Hall–Kier alpha value is -1.72. The van der Waals surface area contributed by atoms with Gasteiger partial charge in [-0.05, 0) is 35.9 Å². The maximum Gasteiger partial charge on any atom is 0.141 e. The normalized spacial score (nSPS) is 11.8. The molecule has 0 amide bonds. The molecule has 4 nitrogen and oxygen atoms in total. The molecule has 0 aromatic heterocycles. The molecular formula is C16H19BrN2O2. The molecule has 0 bridgehead atoms. The lowest BCUT2D eigenvalue weighted by molar-refractivity contribution is 0.413. The lowest BCUT2D eigenvalue weighted by Crippen LogP contribution is -2.21. The van der Waals surface area contributed by atoms with Gasteiger partial charge in [0.15, 0.2) is 0 Å². The first-order chi connectivity index (χ1) is 10.2. The van der Waals surface area contributed by atoms with E-state index in [4.69, 9.17) is 15.2 Å². The largest absolute Gasteiger partial charge is 0.497 e. The monoisotopic (exact) mass is 350 g/mol. The van der Waals surface area contributed by atoms with Crippen LogP contribution in [-0.4, -0.2) is 20.8 Å². The molecule has 2 aromatic rings. The molecule has 1 atom stereocenters. The Labute approximate surface area is 133 Å². The van der Waals surface area contributed by atoms with Crippen LogP contribution in [0.15, 0.2) is 46.9 Å². The number of rotatable bonds is 6. The summed E-state index contributed by atoms with van der Waals surface area (Å²) in [7, 11) is 3.30. The third kappa shape index (κ3) is 3.68. The minimum absolute atomic E-state index is 0.0502. The molecule has 0 aliphatic rings. The van der Waals surface area contributed by atoms with Crippen LogP contribution in [0, 0.1) is 0 Å². The molecule has 1 unspecified atom stereocenters. The van der Waals surface area contributed by atoms with Gasteiger partial charge in [-0.15, -0.1) is 0 Å². The maximum atomic E-state index is 5.94. The van der Waals surface area contributed by atoms with Crippen LogP contribution >= 0.6 is 15.9 Å². The second kappa shape index (κ2) is 7.33. The Balaban J connectivity index is 2.32. The van der Waals surface area contributed by atoms with Crippen LogP contribution in [0.4, 0.5) is 5.69 Å². The molecule has 0 saturated carbocycles. The summed E-state index contributed by atoms with van der Waals surface area (Å²) < 4.78 is 11.6. The number of hydrogen-bond acceptors (Lipinski definition) is 4. The van der Waals surface area contributed by atoms with Gasteiger partial charge < -0.3 is 20.5 Å². The van der Waals surface area contributed by atoms with Gasteiger partial charge >= 0.3 is 0 Å². The van der Waals surface area contributed by atoms with Crippen molar-refractivity contribution in [1.29, 1.82) is 0 Å². The molecule has 3 N–H and O–H groups in total. The highest BCUT2D eigenvalue weighted by Crippen LogP contribution is 2.32. The Morgan fingerprint density at radius 2 is 1.90 bits per heavy atom. The first kappa shape index (κ1) is 15.7. The van der Waals surface area contributed by atoms with Gasteiger partial charge in [0.1, 0.15) is 11.5 Å². The number of halogens is 1.